The number of fused-ring (bicyclic) bond motifs is 1. The number of hydrogen-bond donors (Lipinski definition) is 1. The van der Waals surface area contributed by atoms with Crippen molar-refractivity contribution in [1.29, 1.82) is 0 Å². The van der Waals surface area contributed by atoms with Gasteiger partial charge in [-0.15, -0.1) is 11.3 Å². The molecule has 0 fully saturated rings. The van der Waals surface area contributed by atoms with Gasteiger partial charge < -0.3 is 5.11 Å². The molecule has 74 valence electrons. The van der Waals surface area contributed by atoms with E-state index in [1.807, 2.05) is 12.1 Å². The lowest BCUT2D eigenvalue weighted by atomic mass is 10.1. The van der Waals surface area contributed by atoms with Crippen molar-refractivity contribution in [3.8, 4) is 0 Å². The van der Waals surface area contributed by atoms with Crippen LogP contribution in [0.15, 0.2) is 23.6 Å². The summed E-state index contributed by atoms with van der Waals surface area (Å²) in [6.45, 7) is 1.80. The molecule has 1 nitrogen and oxygen atoms in total. The smallest absolute Gasteiger partial charge is 0.0584 e. The Morgan fingerprint density at radius 3 is 3.00 bits per heavy atom. The molecule has 3 heteroatoms. The average Bonchev–Trinajstić information content (AvgIpc) is 2.49. The van der Waals surface area contributed by atoms with Crippen molar-refractivity contribution in [3.63, 3.8) is 0 Å². The lowest BCUT2D eigenvalue weighted by molar-refractivity contribution is 0.196. The van der Waals surface area contributed by atoms with Crippen molar-refractivity contribution < 1.29 is 5.11 Å². The fraction of sp³-hybridized carbons (Fsp3) is 0.273. The van der Waals surface area contributed by atoms with Gasteiger partial charge in [-0.1, -0.05) is 23.7 Å². The van der Waals surface area contributed by atoms with Gasteiger partial charge in [0.2, 0.25) is 0 Å². The third-order valence-electron chi connectivity index (χ3n) is 2.15. The summed E-state index contributed by atoms with van der Waals surface area (Å²) in [4.78, 5) is 0. The maximum absolute atomic E-state index is 9.32. The summed E-state index contributed by atoms with van der Waals surface area (Å²) >= 11 is 7.69. The highest BCUT2D eigenvalue weighted by molar-refractivity contribution is 7.18. The first-order valence-electron chi connectivity index (χ1n) is 4.51. The van der Waals surface area contributed by atoms with E-state index in [0.717, 1.165) is 9.72 Å². The van der Waals surface area contributed by atoms with Crippen molar-refractivity contribution in [3.05, 3.63) is 34.2 Å². The lowest BCUT2D eigenvalue weighted by Crippen LogP contribution is -2.03. The van der Waals surface area contributed by atoms with E-state index in [4.69, 9.17) is 11.6 Å². The Bertz CT molecular complexity index is 447. The van der Waals surface area contributed by atoms with Gasteiger partial charge in [0.15, 0.2) is 0 Å². The number of rotatable bonds is 2. The first kappa shape index (κ1) is 9.97. The zero-order valence-corrected chi connectivity index (χ0v) is 9.40. The molecule has 1 aromatic heterocycles. The van der Waals surface area contributed by atoms with Crippen LogP contribution in [0.5, 0.6) is 0 Å². The van der Waals surface area contributed by atoms with Crippen LogP contribution in [0.4, 0.5) is 0 Å². The molecule has 1 unspecified atom stereocenters. The van der Waals surface area contributed by atoms with E-state index < -0.39 is 0 Å². The van der Waals surface area contributed by atoms with E-state index in [1.54, 1.807) is 18.3 Å². The fourth-order valence-electron chi connectivity index (χ4n) is 1.55. The van der Waals surface area contributed by atoms with E-state index >= 15 is 0 Å². The van der Waals surface area contributed by atoms with Crippen molar-refractivity contribution in [2.45, 2.75) is 19.4 Å². The minimum atomic E-state index is -0.299. The Hall–Kier alpha value is -0.570. The molecule has 1 N–H and O–H groups in total. The molecular formula is C11H11ClOS. The minimum absolute atomic E-state index is 0.299. The van der Waals surface area contributed by atoms with Gasteiger partial charge in [0, 0.05) is 0 Å². The largest absolute Gasteiger partial charge is 0.393 e. The molecule has 14 heavy (non-hydrogen) atoms. The fourth-order valence-corrected chi connectivity index (χ4v) is 2.85. The molecule has 0 spiro atoms. The Morgan fingerprint density at radius 2 is 2.29 bits per heavy atom. The van der Waals surface area contributed by atoms with Crippen LogP contribution in [0.1, 0.15) is 12.5 Å². The van der Waals surface area contributed by atoms with Crippen LogP contribution in [0.25, 0.3) is 10.1 Å². The van der Waals surface area contributed by atoms with Crippen LogP contribution in [0.3, 0.4) is 0 Å². The van der Waals surface area contributed by atoms with Gasteiger partial charge in [-0.3, -0.25) is 0 Å². The molecule has 2 rings (SSSR count). The maximum Gasteiger partial charge on any atom is 0.0584 e. The van der Waals surface area contributed by atoms with E-state index in [-0.39, 0.29) is 6.10 Å². The molecule has 0 aliphatic heterocycles. The Balaban J connectivity index is 2.52. The summed E-state index contributed by atoms with van der Waals surface area (Å²) in [6.07, 6.45) is 0.396. The zero-order chi connectivity index (χ0) is 10.1. The van der Waals surface area contributed by atoms with Gasteiger partial charge in [0.05, 0.1) is 15.8 Å². The molecule has 0 aliphatic rings. The number of benzene rings is 1. The highest BCUT2D eigenvalue weighted by Crippen LogP contribution is 2.32. The van der Waals surface area contributed by atoms with E-state index in [1.165, 1.54) is 10.9 Å². The Labute approximate surface area is 91.9 Å². The first-order chi connectivity index (χ1) is 6.68. The highest BCUT2D eigenvalue weighted by Gasteiger charge is 2.08. The quantitative estimate of drug-likeness (QED) is 0.832. The first-order valence-corrected chi connectivity index (χ1v) is 5.77. The van der Waals surface area contributed by atoms with Gasteiger partial charge in [0.1, 0.15) is 0 Å². The third kappa shape index (κ3) is 1.78. The molecule has 1 aromatic carbocycles. The summed E-state index contributed by atoms with van der Waals surface area (Å²) < 4.78 is 1.12. The summed E-state index contributed by atoms with van der Waals surface area (Å²) in [5, 5.41) is 13.4. The monoisotopic (exact) mass is 226 g/mol. The zero-order valence-electron chi connectivity index (χ0n) is 7.83. The van der Waals surface area contributed by atoms with E-state index in [0.29, 0.717) is 6.42 Å². The van der Waals surface area contributed by atoms with Crippen LogP contribution >= 0.6 is 22.9 Å². The Morgan fingerprint density at radius 1 is 1.50 bits per heavy atom. The second-order valence-corrected chi connectivity index (χ2v) is 4.72. The second-order valence-electron chi connectivity index (χ2n) is 3.43. The topological polar surface area (TPSA) is 20.2 Å². The molecule has 0 aliphatic carbocycles. The molecule has 2 aromatic rings. The minimum Gasteiger partial charge on any atom is -0.393 e. The van der Waals surface area contributed by atoms with Crippen LogP contribution in [-0.2, 0) is 6.42 Å². The maximum atomic E-state index is 9.32. The van der Waals surface area contributed by atoms with Gasteiger partial charge >= 0.3 is 0 Å². The van der Waals surface area contributed by atoms with Crippen molar-refractivity contribution in [2.24, 2.45) is 0 Å². The van der Waals surface area contributed by atoms with Crippen LogP contribution < -0.4 is 0 Å². The Kier molecular flexibility index (Phi) is 2.77. The molecule has 1 heterocycles. The summed E-state index contributed by atoms with van der Waals surface area (Å²) in [5.41, 5.74) is 1.18. The normalized spacial score (nSPS) is 13.4. The standard InChI is InChI=1S/C11H11ClOS/c1-7(13)5-8-6-14-11-9(8)3-2-4-10(11)12/h2-4,6-7,13H,5H2,1H3. The van der Waals surface area contributed by atoms with Crippen molar-refractivity contribution >= 4 is 33.0 Å². The van der Waals surface area contributed by atoms with E-state index in [9.17, 15) is 5.11 Å². The summed E-state index contributed by atoms with van der Waals surface area (Å²) in [7, 11) is 0. The SMILES string of the molecule is CC(O)Cc1csc2c(Cl)cccc12. The molecule has 1 atom stereocenters. The number of hydrogen-bond acceptors (Lipinski definition) is 2. The summed E-state index contributed by atoms with van der Waals surface area (Å²) in [6, 6.07) is 5.89. The van der Waals surface area contributed by atoms with Crippen molar-refractivity contribution in [1.82, 2.24) is 0 Å². The number of halogens is 1. The number of aliphatic hydroxyl groups excluding tert-OH is 1. The van der Waals surface area contributed by atoms with Gasteiger partial charge in [-0.05, 0) is 35.7 Å². The molecule has 0 bridgehead atoms. The molecule has 0 saturated carbocycles. The molecule has 0 amide bonds. The van der Waals surface area contributed by atoms with E-state index in [2.05, 4.69) is 11.4 Å². The van der Waals surface area contributed by atoms with Crippen LogP contribution in [0, 0.1) is 0 Å². The van der Waals surface area contributed by atoms with Gasteiger partial charge in [-0.2, -0.15) is 0 Å². The second kappa shape index (κ2) is 3.89. The predicted molar refractivity (Wildman–Crippen MR) is 62.2 cm³/mol. The number of thiophene rings is 1. The van der Waals surface area contributed by atoms with Crippen LogP contribution in [0.2, 0.25) is 5.02 Å². The average molecular weight is 227 g/mol. The lowest BCUT2D eigenvalue weighted by Gasteiger charge is -2.02. The third-order valence-corrected chi connectivity index (χ3v) is 3.65. The van der Waals surface area contributed by atoms with Gasteiger partial charge in [0.25, 0.3) is 0 Å². The van der Waals surface area contributed by atoms with Crippen molar-refractivity contribution in [2.75, 3.05) is 0 Å². The highest BCUT2D eigenvalue weighted by atomic mass is 35.5. The predicted octanol–water partition coefficient (Wildman–Crippen LogP) is 3.48. The van der Waals surface area contributed by atoms with Crippen LogP contribution in [-0.4, -0.2) is 11.2 Å². The molecule has 0 saturated heterocycles. The number of aliphatic hydroxyl groups is 1. The van der Waals surface area contributed by atoms with Gasteiger partial charge in [-0.25, -0.2) is 0 Å². The summed E-state index contributed by atoms with van der Waals surface area (Å²) in [5.74, 6) is 0. The molecule has 0 radical (unpaired) electrons. The molecular weight excluding hydrogens is 216 g/mol.